The first kappa shape index (κ1) is 21.1. The molecule has 1 amide bonds. The second-order valence-electron chi connectivity index (χ2n) is 8.89. The van der Waals surface area contributed by atoms with Crippen molar-refractivity contribution < 1.29 is 9.53 Å². The molecule has 0 saturated carbocycles. The molecule has 1 N–H and O–H groups in total. The Kier molecular flexibility index (Phi) is 5.80. The quantitative estimate of drug-likeness (QED) is 0.676. The topological polar surface area (TPSA) is 87.2 Å². The summed E-state index contributed by atoms with van der Waals surface area (Å²) in [6, 6.07) is 2.15. The van der Waals surface area contributed by atoms with Crippen molar-refractivity contribution >= 4 is 22.8 Å². The molecule has 1 atom stereocenters. The van der Waals surface area contributed by atoms with Crippen molar-refractivity contribution in [2.75, 3.05) is 24.5 Å². The van der Waals surface area contributed by atoms with Crippen LogP contribution in [-0.2, 0) is 4.74 Å². The van der Waals surface area contributed by atoms with Crippen molar-refractivity contribution in [2.45, 2.75) is 52.2 Å². The van der Waals surface area contributed by atoms with E-state index in [1.807, 2.05) is 57.4 Å². The van der Waals surface area contributed by atoms with Gasteiger partial charge >= 0.3 is 6.09 Å². The molecular formula is C23H30N6O2. The van der Waals surface area contributed by atoms with Crippen molar-refractivity contribution in [3.8, 4) is 11.1 Å². The molecule has 1 aliphatic heterocycles. The molecule has 0 bridgehead atoms. The highest BCUT2D eigenvalue weighted by Gasteiger charge is 2.31. The van der Waals surface area contributed by atoms with E-state index < -0.39 is 5.60 Å². The van der Waals surface area contributed by atoms with Crippen LogP contribution in [0.25, 0.3) is 22.2 Å². The third-order valence-electron chi connectivity index (χ3n) is 5.57. The third kappa shape index (κ3) is 4.47. The summed E-state index contributed by atoms with van der Waals surface area (Å²) in [6.45, 7) is 10.0. The molecule has 3 aromatic heterocycles. The maximum absolute atomic E-state index is 12.8. The molecule has 8 heteroatoms. The number of fused-ring (bicyclic) bond motifs is 1. The van der Waals surface area contributed by atoms with Crippen LogP contribution >= 0.6 is 0 Å². The summed E-state index contributed by atoms with van der Waals surface area (Å²) >= 11 is 0. The zero-order chi connectivity index (χ0) is 22.0. The van der Waals surface area contributed by atoms with Gasteiger partial charge in [0.2, 0.25) is 0 Å². The second-order valence-corrected chi connectivity index (χ2v) is 8.89. The number of H-pyrrole nitrogens is 1. The van der Waals surface area contributed by atoms with Crippen LogP contribution in [0.3, 0.4) is 0 Å². The number of pyridine rings is 1. The first-order valence-electron chi connectivity index (χ1n) is 10.8. The van der Waals surface area contributed by atoms with Gasteiger partial charge < -0.3 is 19.5 Å². The highest BCUT2D eigenvalue weighted by molar-refractivity contribution is 6.02. The van der Waals surface area contributed by atoms with Crippen molar-refractivity contribution in [3.05, 3.63) is 37.2 Å². The molecular weight excluding hydrogens is 392 g/mol. The molecule has 0 aromatic carbocycles. The number of carbonyl (C=O) groups is 1. The Morgan fingerprint density at radius 2 is 2.10 bits per heavy atom. The van der Waals surface area contributed by atoms with E-state index in [1.54, 1.807) is 0 Å². The van der Waals surface area contributed by atoms with E-state index in [9.17, 15) is 4.79 Å². The number of aromatic nitrogens is 4. The maximum Gasteiger partial charge on any atom is 0.410 e. The molecule has 1 aliphatic rings. The molecule has 0 unspecified atom stereocenters. The van der Waals surface area contributed by atoms with Gasteiger partial charge in [-0.2, -0.15) is 0 Å². The molecule has 164 valence electrons. The highest BCUT2D eigenvalue weighted by atomic mass is 16.6. The first-order valence-corrected chi connectivity index (χ1v) is 10.8. The Morgan fingerprint density at radius 3 is 2.81 bits per heavy atom. The standard InChI is InChI=1S/C23H30N6O2/c1-5-29(22(30)31-23(2,3)4)17-7-6-10-28(14-17)19-8-9-26-21-20(19)18(13-27-21)16-11-24-15-25-12-16/h8-9,11-13,15,17H,5-7,10,14H2,1-4H3,(H,26,27)/t17-/m0/s1. The molecule has 8 nitrogen and oxygen atoms in total. The summed E-state index contributed by atoms with van der Waals surface area (Å²) in [5.41, 5.74) is 3.40. The lowest BCUT2D eigenvalue weighted by molar-refractivity contribution is 0.0159. The summed E-state index contributed by atoms with van der Waals surface area (Å²) in [6.07, 6.45) is 10.7. The van der Waals surface area contributed by atoms with Gasteiger partial charge in [-0.1, -0.05) is 0 Å². The van der Waals surface area contributed by atoms with Crippen molar-refractivity contribution in [2.24, 2.45) is 0 Å². The lowest BCUT2D eigenvalue weighted by Crippen LogP contribution is -2.51. The number of aromatic amines is 1. The summed E-state index contributed by atoms with van der Waals surface area (Å²) in [4.78, 5) is 33.1. The monoisotopic (exact) mass is 422 g/mol. The number of hydrogen-bond donors (Lipinski definition) is 1. The number of nitrogens with zero attached hydrogens (tertiary/aromatic N) is 5. The third-order valence-corrected chi connectivity index (χ3v) is 5.57. The van der Waals surface area contributed by atoms with E-state index in [0.29, 0.717) is 6.54 Å². The van der Waals surface area contributed by atoms with Crippen LogP contribution < -0.4 is 4.90 Å². The number of piperidine rings is 1. The van der Waals surface area contributed by atoms with Crippen LogP contribution in [0.15, 0.2) is 37.2 Å². The smallest absolute Gasteiger partial charge is 0.410 e. The summed E-state index contributed by atoms with van der Waals surface area (Å²) < 4.78 is 5.66. The van der Waals surface area contributed by atoms with Crippen LogP contribution in [0.5, 0.6) is 0 Å². The van der Waals surface area contributed by atoms with Crippen molar-refractivity contribution in [1.29, 1.82) is 0 Å². The number of amides is 1. The van der Waals surface area contributed by atoms with Gasteiger partial charge in [0.25, 0.3) is 0 Å². The fraction of sp³-hybridized carbons (Fsp3) is 0.478. The van der Waals surface area contributed by atoms with E-state index in [0.717, 1.165) is 53.8 Å². The number of ether oxygens (including phenoxy) is 1. The van der Waals surface area contributed by atoms with Crippen LogP contribution in [0, 0.1) is 0 Å². The average molecular weight is 423 g/mol. The fourth-order valence-corrected chi connectivity index (χ4v) is 4.25. The molecule has 0 spiro atoms. The Labute approximate surface area is 182 Å². The molecule has 0 aliphatic carbocycles. The number of anilines is 1. The van der Waals surface area contributed by atoms with Crippen molar-refractivity contribution in [1.82, 2.24) is 24.8 Å². The van der Waals surface area contributed by atoms with Gasteiger partial charge in [0, 0.05) is 61.2 Å². The van der Waals surface area contributed by atoms with Gasteiger partial charge in [0.05, 0.1) is 11.4 Å². The minimum Gasteiger partial charge on any atom is -0.444 e. The van der Waals surface area contributed by atoms with Gasteiger partial charge in [0.1, 0.15) is 17.6 Å². The minimum atomic E-state index is -0.506. The highest BCUT2D eigenvalue weighted by Crippen LogP contribution is 2.36. The fourth-order valence-electron chi connectivity index (χ4n) is 4.25. The Morgan fingerprint density at radius 1 is 1.32 bits per heavy atom. The zero-order valence-corrected chi connectivity index (χ0v) is 18.6. The van der Waals surface area contributed by atoms with Gasteiger partial charge in [-0.15, -0.1) is 0 Å². The van der Waals surface area contributed by atoms with Gasteiger partial charge in [0.15, 0.2) is 0 Å². The summed E-state index contributed by atoms with van der Waals surface area (Å²) in [5, 5.41) is 1.05. The van der Waals surface area contributed by atoms with E-state index in [4.69, 9.17) is 4.74 Å². The number of nitrogens with one attached hydrogen (secondary N) is 1. The lowest BCUT2D eigenvalue weighted by Gasteiger charge is -2.40. The van der Waals surface area contributed by atoms with E-state index in [2.05, 4.69) is 30.9 Å². The number of likely N-dealkylation sites (N-methyl/N-ethyl adjacent to an activating group) is 1. The molecule has 4 rings (SSSR count). The SMILES string of the molecule is CCN(C(=O)OC(C)(C)C)[C@H]1CCCN(c2ccnc3[nH]cc(-c4cncnc4)c23)C1. The lowest BCUT2D eigenvalue weighted by atomic mass is 10.0. The summed E-state index contributed by atoms with van der Waals surface area (Å²) in [7, 11) is 0. The summed E-state index contributed by atoms with van der Waals surface area (Å²) in [5.74, 6) is 0. The van der Waals surface area contributed by atoms with Crippen molar-refractivity contribution in [3.63, 3.8) is 0 Å². The second kappa shape index (κ2) is 8.53. The number of carbonyl (C=O) groups excluding carboxylic acids is 1. The molecule has 0 radical (unpaired) electrons. The Hall–Kier alpha value is -3.16. The predicted octanol–water partition coefficient (Wildman–Crippen LogP) is 4.25. The minimum absolute atomic E-state index is 0.0965. The molecule has 1 fully saturated rings. The van der Waals surface area contributed by atoms with Crippen LogP contribution in [0.2, 0.25) is 0 Å². The van der Waals surface area contributed by atoms with Gasteiger partial charge in [-0.3, -0.25) is 0 Å². The zero-order valence-electron chi connectivity index (χ0n) is 18.6. The normalized spacial score (nSPS) is 17.0. The first-order chi connectivity index (χ1) is 14.9. The number of hydrogen-bond acceptors (Lipinski definition) is 6. The predicted molar refractivity (Wildman–Crippen MR) is 121 cm³/mol. The Bertz CT molecular complexity index is 1040. The molecule has 3 aromatic rings. The number of rotatable bonds is 4. The van der Waals surface area contributed by atoms with Gasteiger partial charge in [-0.05, 0) is 46.6 Å². The maximum atomic E-state index is 12.8. The van der Waals surface area contributed by atoms with Crippen LogP contribution in [0.1, 0.15) is 40.5 Å². The van der Waals surface area contributed by atoms with E-state index in [-0.39, 0.29) is 12.1 Å². The molecule has 4 heterocycles. The largest absolute Gasteiger partial charge is 0.444 e. The van der Waals surface area contributed by atoms with E-state index in [1.165, 1.54) is 6.33 Å². The van der Waals surface area contributed by atoms with Crippen LogP contribution in [-0.4, -0.2) is 62.2 Å². The average Bonchev–Trinajstić information content (AvgIpc) is 3.18. The van der Waals surface area contributed by atoms with E-state index >= 15 is 0 Å². The Balaban J connectivity index is 1.64. The molecule has 31 heavy (non-hydrogen) atoms. The molecule has 1 saturated heterocycles. The van der Waals surface area contributed by atoms with Gasteiger partial charge in [-0.25, -0.2) is 19.7 Å². The van der Waals surface area contributed by atoms with Crippen LogP contribution in [0.4, 0.5) is 10.5 Å².